The highest BCUT2D eigenvalue weighted by atomic mass is 16.5. The van der Waals surface area contributed by atoms with E-state index in [1.165, 1.54) is 16.4 Å². The highest BCUT2D eigenvalue weighted by molar-refractivity contribution is 7.03. The number of anilines is 4. The van der Waals surface area contributed by atoms with Gasteiger partial charge in [-0.1, -0.05) is 103 Å². The molecule has 0 atom stereocenters. The molecule has 0 radical (unpaired) electrons. The van der Waals surface area contributed by atoms with Gasteiger partial charge in [0.2, 0.25) is 0 Å². The van der Waals surface area contributed by atoms with Crippen LogP contribution in [0.25, 0.3) is 0 Å². The molecule has 16 rings (SSSR count). The van der Waals surface area contributed by atoms with Gasteiger partial charge in [-0.25, -0.2) is 0 Å². The third-order valence-corrected chi connectivity index (χ3v) is 15.4. The first-order valence-electron chi connectivity index (χ1n) is 24.9. The van der Waals surface area contributed by atoms with Gasteiger partial charge in [-0.2, -0.15) is 0 Å². The van der Waals surface area contributed by atoms with E-state index in [0.29, 0.717) is 34.5 Å². The Balaban J connectivity index is 0.901. The summed E-state index contributed by atoms with van der Waals surface area (Å²) < 4.78 is 47.2. The molecule has 0 bridgehead atoms. The van der Waals surface area contributed by atoms with Crippen molar-refractivity contribution in [2.45, 2.75) is 0 Å². The molecule has 0 aromatic heterocycles. The molecule has 10 aromatic carbocycles. The second kappa shape index (κ2) is 15.5. The summed E-state index contributed by atoms with van der Waals surface area (Å²) in [6.07, 6.45) is 0. The number of rotatable bonds is 6. The fourth-order valence-electron chi connectivity index (χ4n) is 12.2. The molecule has 6 heterocycles. The van der Waals surface area contributed by atoms with Crippen LogP contribution in [0.3, 0.4) is 0 Å². The maximum absolute atomic E-state index is 7.09. The van der Waals surface area contributed by atoms with Gasteiger partial charge >= 0.3 is 0 Å². The van der Waals surface area contributed by atoms with Crippen LogP contribution in [0.1, 0.15) is 0 Å². The minimum atomic E-state index is -0.200. The van der Waals surface area contributed by atoms with Gasteiger partial charge in [0.1, 0.15) is 80.5 Å². The van der Waals surface area contributed by atoms with E-state index in [9.17, 15) is 0 Å². The molecule has 348 valence electrons. The molecule has 12 heteroatoms. The Bertz CT molecular complexity index is 3790. The number of hydrogen-bond donors (Lipinski definition) is 0. The van der Waals surface area contributed by atoms with Crippen molar-refractivity contribution in [2.24, 2.45) is 0 Å². The van der Waals surface area contributed by atoms with Crippen LogP contribution in [0, 0.1) is 0 Å². The predicted octanol–water partition coefficient (Wildman–Crippen LogP) is 9.20. The van der Waals surface area contributed by atoms with Crippen molar-refractivity contribution in [2.75, 3.05) is 23.9 Å². The van der Waals surface area contributed by atoms with E-state index in [1.807, 2.05) is 127 Å². The first-order valence-corrected chi connectivity index (χ1v) is 24.9. The lowest BCUT2D eigenvalue weighted by atomic mass is 9.29. The highest BCUT2D eigenvalue weighted by Gasteiger charge is 2.48. The number of benzene rings is 10. The largest absolute Gasteiger partial charge is 0.458 e. The van der Waals surface area contributed by atoms with Gasteiger partial charge in [0.05, 0.1) is 0 Å². The fourth-order valence-corrected chi connectivity index (χ4v) is 12.2. The number of hydrogen-bond acceptors (Lipinski definition) is 9. The minimum absolute atomic E-state index is 0.176. The topological polar surface area (TPSA) is 71.1 Å². The SMILES string of the molecule is CN1c2cc3c(cc2B2c4cc5c(cc4N(C)c4cc(Oc6ccccc6)cc1c42)Oc1cc(Oc2ccccc2)cc2c1B5c1ccccc1O2)B1c2ccccc2Oc2cc(Oc4ccccc4)cc(c21)O3. The second-order valence-corrected chi connectivity index (χ2v) is 19.6. The second-order valence-electron chi connectivity index (χ2n) is 19.6. The van der Waals surface area contributed by atoms with Crippen LogP contribution in [-0.4, -0.2) is 34.2 Å². The van der Waals surface area contributed by atoms with Crippen molar-refractivity contribution in [3.05, 3.63) is 200 Å². The lowest BCUT2D eigenvalue weighted by Crippen LogP contribution is -2.65. The Labute approximate surface area is 427 Å². The van der Waals surface area contributed by atoms with Crippen LogP contribution in [0.4, 0.5) is 22.7 Å². The molecule has 6 aliphatic heterocycles. The summed E-state index contributed by atoms with van der Waals surface area (Å²) in [6, 6.07) is 67.8. The molecule has 74 heavy (non-hydrogen) atoms. The number of nitrogens with zero attached hydrogens (tertiary/aromatic N) is 2. The van der Waals surface area contributed by atoms with Gasteiger partial charge in [0.25, 0.3) is 20.1 Å². The van der Waals surface area contributed by atoms with Crippen LogP contribution in [0.5, 0.6) is 80.5 Å². The molecule has 6 aliphatic rings. The molecule has 0 amide bonds. The van der Waals surface area contributed by atoms with Crippen molar-refractivity contribution in [1.29, 1.82) is 0 Å². The Morgan fingerprint density at radius 3 is 1.01 bits per heavy atom. The Hall–Kier alpha value is -9.41. The fraction of sp³-hybridized carbons (Fsp3) is 0.0323. The first kappa shape index (κ1) is 41.2. The maximum atomic E-state index is 7.09. The summed E-state index contributed by atoms with van der Waals surface area (Å²) in [6.45, 7) is -0.552. The van der Waals surface area contributed by atoms with Crippen molar-refractivity contribution < 1.29 is 33.2 Å². The Morgan fingerprint density at radius 2 is 0.608 bits per heavy atom. The molecular formula is C62H39B3N2O7. The minimum Gasteiger partial charge on any atom is -0.458 e. The molecule has 0 aliphatic carbocycles. The van der Waals surface area contributed by atoms with Crippen molar-refractivity contribution in [3.8, 4) is 80.5 Å². The third kappa shape index (κ3) is 6.14. The standard InChI is InChI=1S/C62H39B3N2O7/c1-66-48-34-54-46(63-42-22-12-14-24-52(42)71-56-28-40(30-58(73-54)61(56)63)69-37-18-8-4-9-19-37)32-44(48)65-45-33-47-55(35-49(45)67(2)51-27-39(26-50(66)60(51)65)68-36-16-6-3-7-17-36)74-59-31-41(70-38-20-10-5-11-21-38)29-57-62(59)64(47)43-23-13-15-25-53(43)72-57/h3-35H,1-2H3. The highest BCUT2D eigenvalue weighted by Crippen LogP contribution is 2.46. The van der Waals surface area contributed by atoms with E-state index in [-0.39, 0.29) is 20.1 Å². The van der Waals surface area contributed by atoms with Crippen molar-refractivity contribution >= 4 is 92.1 Å². The zero-order valence-corrected chi connectivity index (χ0v) is 40.0. The van der Waals surface area contributed by atoms with E-state index >= 15 is 0 Å². The molecule has 0 saturated carbocycles. The molecular weight excluding hydrogens is 917 g/mol. The van der Waals surface area contributed by atoms with Gasteiger partial charge in [-0.05, 0) is 86.8 Å². The van der Waals surface area contributed by atoms with Crippen LogP contribution < -0.4 is 92.1 Å². The smallest absolute Gasteiger partial charge is 0.260 e. The predicted molar refractivity (Wildman–Crippen MR) is 295 cm³/mol. The van der Waals surface area contributed by atoms with Crippen LogP contribution in [-0.2, 0) is 0 Å². The van der Waals surface area contributed by atoms with Gasteiger partial charge in [0.15, 0.2) is 0 Å². The first-order chi connectivity index (χ1) is 36.5. The normalized spacial score (nSPS) is 13.8. The van der Waals surface area contributed by atoms with E-state index < -0.39 is 0 Å². The third-order valence-electron chi connectivity index (χ3n) is 15.4. The zero-order chi connectivity index (χ0) is 48.8. The lowest BCUT2D eigenvalue weighted by Gasteiger charge is -2.44. The quantitative estimate of drug-likeness (QED) is 0.152. The van der Waals surface area contributed by atoms with Crippen LogP contribution >= 0.6 is 0 Å². The number of ether oxygens (including phenoxy) is 7. The summed E-state index contributed by atoms with van der Waals surface area (Å²) in [5.41, 5.74) is 13.9. The molecule has 9 nitrogen and oxygen atoms in total. The van der Waals surface area contributed by atoms with E-state index in [2.05, 4.69) is 96.7 Å². The average molecular weight is 956 g/mol. The Morgan fingerprint density at radius 1 is 0.270 bits per heavy atom. The monoisotopic (exact) mass is 956 g/mol. The average Bonchev–Trinajstić information content (AvgIpc) is 3.48. The van der Waals surface area contributed by atoms with Crippen molar-refractivity contribution in [3.63, 3.8) is 0 Å². The van der Waals surface area contributed by atoms with E-state index in [1.54, 1.807) is 0 Å². The number of fused-ring (bicyclic) bond motifs is 12. The van der Waals surface area contributed by atoms with Crippen molar-refractivity contribution in [1.82, 2.24) is 0 Å². The van der Waals surface area contributed by atoms with E-state index in [0.717, 1.165) is 102 Å². The lowest BCUT2D eigenvalue weighted by molar-refractivity contribution is 0.442. The summed E-state index contributed by atoms with van der Waals surface area (Å²) in [5.74, 6) is 10.2. The van der Waals surface area contributed by atoms with E-state index in [4.69, 9.17) is 33.2 Å². The molecule has 10 aromatic rings. The molecule has 0 fully saturated rings. The van der Waals surface area contributed by atoms with Gasteiger partial charge in [0, 0.05) is 96.3 Å². The summed E-state index contributed by atoms with van der Waals surface area (Å²) in [5, 5.41) is 0. The van der Waals surface area contributed by atoms with Gasteiger partial charge < -0.3 is 43.0 Å². The molecule has 0 unspecified atom stereocenters. The number of para-hydroxylation sites is 5. The summed E-state index contributed by atoms with van der Waals surface area (Å²) >= 11 is 0. The summed E-state index contributed by atoms with van der Waals surface area (Å²) in [4.78, 5) is 4.60. The Kier molecular flexibility index (Phi) is 8.66. The maximum Gasteiger partial charge on any atom is 0.260 e. The van der Waals surface area contributed by atoms with Gasteiger partial charge in [-0.3, -0.25) is 0 Å². The van der Waals surface area contributed by atoms with Crippen LogP contribution in [0.2, 0.25) is 0 Å². The zero-order valence-electron chi connectivity index (χ0n) is 40.0. The molecule has 0 spiro atoms. The molecule has 0 saturated heterocycles. The summed E-state index contributed by atoms with van der Waals surface area (Å²) in [7, 11) is 4.30. The van der Waals surface area contributed by atoms with Gasteiger partial charge in [-0.15, -0.1) is 0 Å². The van der Waals surface area contributed by atoms with Crippen LogP contribution in [0.15, 0.2) is 200 Å². The molecule has 0 N–H and O–H groups in total.